The summed E-state index contributed by atoms with van der Waals surface area (Å²) in [4.78, 5) is 23.7. The Morgan fingerprint density at radius 3 is 2.50 bits per heavy atom. The monoisotopic (exact) mass is 384 g/mol. The molecule has 2 aromatic rings. The van der Waals surface area contributed by atoms with Crippen molar-refractivity contribution in [2.75, 3.05) is 0 Å². The van der Waals surface area contributed by atoms with Crippen LogP contribution in [0.4, 0.5) is 4.39 Å². The number of benzene rings is 2. The highest BCUT2D eigenvalue weighted by molar-refractivity contribution is 9.10. The molecule has 0 heterocycles. The zero-order chi connectivity index (χ0) is 16.1. The molecular weight excluding hydrogens is 375 g/mol. The normalized spacial score (nSPS) is 10.1. The number of carbonyl (C=O) groups is 2. The Bertz CT molecular complexity index is 704. The summed E-state index contributed by atoms with van der Waals surface area (Å²) in [6.07, 6.45) is -0.276. The first kappa shape index (κ1) is 16.5. The van der Waals surface area contributed by atoms with E-state index in [-0.39, 0.29) is 17.0 Å². The second kappa shape index (κ2) is 7.38. The molecule has 0 fully saturated rings. The van der Waals surface area contributed by atoms with Crippen LogP contribution in [0.2, 0.25) is 5.02 Å². The summed E-state index contributed by atoms with van der Waals surface area (Å²) in [5.74, 6) is -1.63. The van der Waals surface area contributed by atoms with Crippen LogP contribution < -0.4 is 10.9 Å². The number of halogens is 3. The number of carbonyl (C=O) groups excluding carboxylic acids is 2. The lowest BCUT2D eigenvalue weighted by molar-refractivity contribution is -0.121. The highest BCUT2D eigenvalue weighted by atomic mass is 79.9. The maximum Gasteiger partial charge on any atom is 0.270 e. The molecule has 0 aliphatic rings. The van der Waals surface area contributed by atoms with Crippen LogP contribution in [0.15, 0.2) is 46.9 Å². The molecule has 0 aliphatic heterocycles. The zero-order valence-corrected chi connectivity index (χ0v) is 13.5. The molecule has 0 saturated heterocycles. The Hall–Kier alpha value is -1.92. The van der Waals surface area contributed by atoms with Crippen molar-refractivity contribution in [1.29, 1.82) is 0 Å². The first-order valence-electron chi connectivity index (χ1n) is 6.25. The highest BCUT2D eigenvalue weighted by Gasteiger charge is 2.14. The third-order valence-corrected chi connectivity index (χ3v) is 3.88. The van der Waals surface area contributed by atoms with Gasteiger partial charge < -0.3 is 0 Å². The minimum Gasteiger partial charge on any atom is -0.273 e. The lowest BCUT2D eigenvalue weighted by Crippen LogP contribution is -2.42. The number of rotatable bonds is 3. The molecular formula is C15H11BrClFN2O2. The molecule has 7 heteroatoms. The topological polar surface area (TPSA) is 58.2 Å². The molecule has 4 nitrogen and oxygen atoms in total. The van der Waals surface area contributed by atoms with Crippen molar-refractivity contribution in [2.24, 2.45) is 0 Å². The molecule has 0 bridgehead atoms. The van der Waals surface area contributed by atoms with Gasteiger partial charge in [-0.3, -0.25) is 20.4 Å². The van der Waals surface area contributed by atoms with Crippen molar-refractivity contribution in [3.63, 3.8) is 0 Å². The second-order valence-corrected chi connectivity index (χ2v) is 5.62. The van der Waals surface area contributed by atoms with Crippen molar-refractivity contribution in [1.82, 2.24) is 10.9 Å². The molecule has 0 atom stereocenters. The average molecular weight is 386 g/mol. The van der Waals surface area contributed by atoms with E-state index in [1.54, 1.807) is 24.3 Å². The summed E-state index contributed by atoms with van der Waals surface area (Å²) in [6, 6.07) is 10.9. The smallest absolute Gasteiger partial charge is 0.270 e. The van der Waals surface area contributed by atoms with Crippen LogP contribution in [0.25, 0.3) is 0 Å². The molecule has 0 spiro atoms. The highest BCUT2D eigenvalue weighted by Crippen LogP contribution is 2.19. The van der Waals surface area contributed by atoms with E-state index in [1.807, 2.05) is 0 Å². The zero-order valence-electron chi connectivity index (χ0n) is 11.2. The predicted octanol–water partition coefficient (Wildman–Crippen LogP) is 3.25. The third-order valence-electron chi connectivity index (χ3n) is 2.83. The van der Waals surface area contributed by atoms with Crippen molar-refractivity contribution < 1.29 is 14.0 Å². The molecule has 0 radical (unpaired) electrons. The quantitative estimate of drug-likeness (QED) is 0.797. The van der Waals surface area contributed by atoms with Crippen molar-refractivity contribution in [2.45, 2.75) is 6.42 Å². The van der Waals surface area contributed by atoms with E-state index in [0.717, 1.165) is 0 Å². The van der Waals surface area contributed by atoms with E-state index in [4.69, 9.17) is 11.6 Å². The van der Waals surface area contributed by atoms with Crippen LogP contribution in [0.3, 0.4) is 0 Å². The lowest BCUT2D eigenvalue weighted by Gasteiger charge is -2.09. The van der Waals surface area contributed by atoms with Gasteiger partial charge in [0.05, 0.1) is 12.0 Å². The van der Waals surface area contributed by atoms with Crippen LogP contribution in [0, 0.1) is 5.82 Å². The summed E-state index contributed by atoms with van der Waals surface area (Å²) < 4.78 is 14.2. The van der Waals surface area contributed by atoms with Gasteiger partial charge in [-0.15, -0.1) is 0 Å². The van der Waals surface area contributed by atoms with Gasteiger partial charge in [-0.1, -0.05) is 29.8 Å². The van der Waals surface area contributed by atoms with Crippen LogP contribution >= 0.6 is 27.5 Å². The molecule has 0 saturated carbocycles. The standard InChI is InChI=1S/C15H11BrClFN2O2/c16-11-5-2-1-4-9(11)15(22)20-19-14(21)8-10-12(17)6-3-7-13(10)18/h1-7H,8H2,(H,19,21)(H,20,22). The predicted molar refractivity (Wildman–Crippen MR) is 84.9 cm³/mol. The second-order valence-electron chi connectivity index (χ2n) is 4.36. The molecule has 22 heavy (non-hydrogen) atoms. The third kappa shape index (κ3) is 4.05. The van der Waals surface area contributed by atoms with E-state index in [2.05, 4.69) is 26.8 Å². The van der Waals surface area contributed by atoms with E-state index < -0.39 is 17.6 Å². The summed E-state index contributed by atoms with van der Waals surface area (Å²) >= 11 is 9.08. The van der Waals surface area contributed by atoms with Gasteiger partial charge in [0.1, 0.15) is 5.82 Å². The summed E-state index contributed by atoms with van der Waals surface area (Å²) in [7, 11) is 0. The van der Waals surface area contributed by atoms with E-state index in [1.165, 1.54) is 18.2 Å². The van der Waals surface area contributed by atoms with E-state index >= 15 is 0 Å². The van der Waals surface area contributed by atoms with Crippen LogP contribution in [-0.4, -0.2) is 11.8 Å². The summed E-state index contributed by atoms with van der Waals surface area (Å²) in [5, 5.41) is 0.160. The summed E-state index contributed by atoms with van der Waals surface area (Å²) in [6.45, 7) is 0. The van der Waals surface area contributed by atoms with Crippen LogP contribution in [0.5, 0.6) is 0 Å². The van der Waals surface area contributed by atoms with Gasteiger partial charge in [-0.05, 0) is 40.2 Å². The van der Waals surface area contributed by atoms with Gasteiger partial charge in [0.15, 0.2) is 0 Å². The minimum absolute atomic E-state index is 0.0804. The molecule has 2 aromatic carbocycles. The van der Waals surface area contributed by atoms with Gasteiger partial charge in [0, 0.05) is 15.1 Å². The Balaban J connectivity index is 1.96. The van der Waals surface area contributed by atoms with E-state index in [9.17, 15) is 14.0 Å². The molecule has 2 amide bonds. The van der Waals surface area contributed by atoms with Gasteiger partial charge in [-0.2, -0.15) is 0 Å². The fourth-order valence-electron chi connectivity index (χ4n) is 1.75. The average Bonchev–Trinajstić information content (AvgIpc) is 2.49. The molecule has 0 aliphatic carbocycles. The Morgan fingerprint density at radius 1 is 1.09 bits per heavy atom. The molecule has 2 N–H and O–H groups in total. The Labute approximate surface area is 139 Å². The number of hydrazine groups is 1. The van der Waals surface area contributed by atoms with Gasteiger partial charge >= 0.3 is 0 Å². The maximum atomic E-state index is 13.6. The van der Waals surface area contributed by atoms with Gasteiger partial charge in [0.2, 0.25) is 5.91 Å². The number of hydrogen-bond acceptors (Lipinski definition) is 2. The number of amides is 2. The minimum atomic E-state index is -0.576. The Kier molecular flexibility index (Phi) is 5.51. The van der Waals surface area contributed by atoms with Crippen molar-refractivity contribution in [3.05, 3.63) is 68.9 Å². The SMILES string of the molecule is O=C(Cc1c(F)cccc1Cl)NNC(=O)c1ccccc1Br. The largest absolute Gasteiger partial charge is 0.273 e. The molecule has 0 unspecified atom stereocenters. The molecule has 114 valence electrons. The maximum absolute atomic E-state index is 13.6. The first-order valence-corrected chi connectivity index (χ1v) is 7.42. The van der Waals surface area contributed by atoms with Crippen molar-refractivity contribution >= 4 is 39.3 Å². The van der Waals surface area contributed by atoms with Crippen molar-refractivity contribution in [3.8, 4) is 0 Å². The molecule has 2 rings (SSSR count). The lowest BCUT2D eigenvalue weighted by atomic mass is 10.1. The van der Waals surface area contributed by atoms with Crippen LogP contribution in [-0.2, 0) is 11.2 Å². The fourth-order valence-corrected chi connectivity index (χ4v) is 2.44. The number of nitrogens with one attached hydrogen (secondary N) is 2. The van der Waals surface area contributed by atoms with Crippen LogP contribution in [0.1, 0.15) is 15.9 Å². The first-order chi connectivity index (χ1) is 10.5. The van der Waals surface area contributed by atoms with E-state index in [0.29, 0.717) is 10.0 Å². The summed E-state index contributed by atoms with van der Waals surface area (Å²) in [5.41, 5.74) is 4.94. The fraction of sp³-hybridized carbons (Fsp3) is 0.0667. The Morgan fingerprint density at radius 2 is 1.82 bits per heavy atom. The number of hydrogen-bond donors (Lipinski definition) is 2. The van der Waals surface area contributed by atoms with Gasteiger partial charge in [0.25, 0.3) is 5.91 Å². The molecule has 0 aromatic heterocycles. The van der Waals surface area contributed by atoms with Gasteiger partial charge in [-0.25, -0.2) is 4.39 Å².